The zero-order valence-corrected chi connectivity index (χ0v) is 31.2. The Morgan fingerprint density at radius 3 is 0.940 bits per heavy atom. The van der Waals surface area contributed by atoms with E-state index in [-0.39, 0.29) is 23.0 Å². The van der Waals surface area contributed by atoms with Gasteiger partial charge in [-0.1, -0.05) is 60.7 Å². The molecule has 0 saturated heterocycles. The Bertz CT molecular complexity index is 2140. The molecule has 0 spiro atoms. The third-order valence-corrected chi connectivity index (χ3v) is 8.02. The number of benzene rings is 4. The van der Waals surface area contributed by atoms with Crippen LogP contribution in [0, 0.1) is 0 Å². The van der Waals surface area contributed by atoms with E-state index in [1.165, 1.54) is 24.3 Å². The summed E-state index contributed by atoms with van der Waals surface area (Å²) in [5, 5.41) is 0. The smallest absolute Gasteiger partial charge is 0.306 e. The van der Waals surface area contributed by atoms with Gasteiger partial charge in [0.05, 0.1) is 25.0 Å². The molecule has 0 N–H and O–H groups in total. The minimum absolute atomic E-state index is 0.225. The van der Waals surface area contributed by atoms with Gasteiger partial charge in [-0.05, 0) is 84.6 Å². The van der Waals surface area contributed by atoms with Crippen molar-refractivity contribution in [2.75, 3.05) is 25.0 Å². The van der Waals surface area contributed by atoms with Gasteiger partial charge in [0.1, 0.15) is 23.0 Å². The summed E-state index contributed by atoms with van der Waals surface area (Å²) in [6.45, 7) is 3.64. The van der Waals surface area contributed by atoms with Crippen LogP contribution in [0.4, 0.5) is 0 Å². The van der Waals surface area contributed by atoms with E-state index in [0.29, 0.717) is 11.1 Å². The lowest BCUT2D eigenvalue weighted by molar-refractivity contribution is 0.490. The molecule has 0 radical (unpaired) electrons. The van der Waals surface area contributed by atoms with Crippen LogP contribution in [0.2, 0.25) is 0 Å². The van der Waals surface area contributed by atoms with E-state index >= 15 is 0 Å². The molecular formula is C34H36O12S4. The summed E-state index contributed by atoms with van der Waals surface area (Å²) in [6, 6.07) is 23.2. The Kier molecular flexibility index (Phi) is 13.0. The topological polar surface area (TPSA) is 173 Å². The predicted octanol–water partition coefficient (Wildman–Crippen LogP) is 6.13. The summed E-state index contributed by atoms with van der Waals surface area (Å²) in [4.78, 5) is 0. The van der Waals surface area contributed by atoms with Crippen LogP contribution >= 0.6 is 0 Å². The highest BCUT2D eigenvalue weighted by molar-refractivity contribution is 7.87. The third kappa shape index (κ3) is 13.7. The van der Waals surface area contributed by atoms with Crippen molar-refractivity contribution in [3.63, 3.8) is 0 Å². The molecule has 0 saturated carbocycles. The molecule has 0 aliphatic rings. The van der Waals surface area contributed by atoms with Crippen molar-refractivity contribution < 1.29 is 50.4 Å². The third-order valence-electron chi connectivity index (χ3n) is 6.06. The Morgan fingerprint density at radius 1 is 0.400 bits per heavy atom. The normalized spacial score (nSPS) is 12.3. The SMILES string of the molecule is CC=Cc1cc(-c2ccc(OS(C)(=O)=O)c(C=CC)c2)ccc1OS(C)(=O)=O.CS(=O)(=O)Oc1ccc(-c2ccc(OS(C)(=O)=O)cc2)cc1. The van der Waals surface area contributed by atoms with Gasteiger partial charge in [-0.15, -0.1) is 0 Å². The van der Waals surface area contributed by atoms with Crippen LogP contribution in [0.5, 0.6) is 23.0 Å². The average molecular weight is 765 g/mol. The monoisotopic (exact) mass is 764 g/mol. The average Bonchev–Trinajstić information content (AvgIpc) is 2.97. The summed E-state index contributed by atoms with van der Waals surface area (Å²) in [5.74, 6) is 0.914. The van der Waals surface area contributed by atoms with E-state index in [2.05, 4.69) is 0 Å². The summed E-state index contributed by atoms with van der Waals surface area (Å²) >= 11 is 0. The second-order valence-electron chi connectivity index (χ2n) is 10.7. The largest absolute Gasteiger partial charge is 0.383 e. The fourth-order valence-corrected chi connectivity index (χ4v) is 6.19. The first kappa shape index (κ1) is 39.8. The molecule has 0 aromatic heterocycles. The lowest BCUT2D eigenvalue weighted by Gasteiger charge is -2.12. The Balaban J connectivity index is 0.000000278. The van der Waals surface area contributed by atoms with E-state index in [9.17, 15) is 33.7 Å². The minimum atomic E-state index is -3.65. The number of hydrogen-bond acceptors (Lipinski definition) is 12. The fraction of sp³-hybridized carbons (Fsp3) is 0.176. The van der Waals surface area contributed by atoms with Crippen molar-refractivity contribution in [2.45, 2.75) is 13.8 Å². The number of allylic oxidation sites excluding steroid dienone is 2. The quantitative estimate of drug-likeness (QED) is 0.151. The highest BCUT2D eigenvalue weighted by atomic mass is 32.2. The van der Waals surface area contributed by atoms with Gasteiger partial charge < -0.3 is 16.7 Å². The van der Waals surface area contributed by atoms with Crippen molar-refractivity contribution in [1.29, 1.82) is 0 Å². The number of rotatable bonds is 12. The van der Waals surface area contributed by atoms with E-state index < -0.39 is 40.5 Å². The molecule has 50 heavy (non-hydrogen) atoms. The van der Waals surface area contributed by atoms with Gasteiger partial charge in [-0.25, -0.2) is 0 Å². The first-order chi connectivity index (χ1) is 23.1. The molecule has 0 heterocycles. The maximum atomic E-state index is 11.5. The molecule has 4 aromatic rings. The van der Waals surface area contributed by atoms with Crippen LogP contribution in [0.3, 0.4) is 0 Å². The van der Waals surface area contributed by atoms with E-state index in [4.69, 9.17) is 16.7 Å². The van der Waals surface area contributed by atoms with E-state index in [1.807, 2.05) is 13.8 Å². The molecule has 12 nitrogen and oxygen atoms in total. The predicted molar refractivity (Wildman–Crippen MR) is 195 cm³/mol. The van der Waals surface area contributed by atoms with Crippen LogP contribution in [0.25, 0.3) is 34.4 Å². The molecule has 4 aromatic carbocycles. The maximum absolute atomic E-state index is 11.5. The molecule has 0 aliphatic heterocycles. The van der Waals surface area contributed by atoms with Crippen LogP contribution in [-0.2, 0) is 40.5 Å². The molecule has 0 atom stereocenters. The van der Waals surface area contributed by atoms with E-state index in [1.54, 1.807) is 85.0 Å². The van der Waals surface area contributed by atoms with Crippen molar-refractivity contribution in [3.8, 4) is 45.3 Å². The zero-order valence-electron chi connectivity index (χ0n) is 27.9. The minimum Gasteiger partial charge on any atom is -0.383 e. The van der Waals surface area contributed by atoms with Gasteiger partial charge in [0.15, 0.2) is 0 Å². The Labute approximate surface area is 294 Å². The van der Waals surface area contributed by atoms with Crippen molar-refractivity contribution in [3.05, 3.63) is 108 Å². The van der Waals surface area contributed by atoms with Gasteiger partial charge in [-0.2, -0.15) is 33.7 Å². The highest BCUT2D eigenvalue weighted by Gasteiger charge is 2.13. The molecule has 0 unspecified atom stereocenters. The highest BCUT2D eigenvalue weighted by Crippen LogP contribution is 2.32. The molecule has 16 heteroatoms. The van der Waals surface area contributed by atoms with Gasteiger partial charge >= 0.3 is 40.5 Å². The van der Waals surface area contributed by atoms with Gasteiger partial charge in [0, 0.05) is 11.1 Å². The van der Waals surface area contributed by atoms with Crippen LogP contribution in [-0.4, -0.2) is 58.7 Å². The van der Waals surface area contributed by atoms with Crippen molar-refractivity contribution in [2.24, 2.45) is 0 Å². The first-order valence-electron chi connectivity index (χ1n) is 14.5. The first-order valence-corrected chi connectivity index (χ1v) is 21.7. The maximum Gasteiger partial charge on any atom is 0.306 e. The molecular weight excluding hydrogens is 729 g/mol. The lowest BCUT2D eigenvalue weighted by Crippen LogP contribution is -2.07. The summed E-state index contributed by atoms with van der Waals surface area (Å²) < 4.78 is 110. The Hall–Kier alpha value is -4.64. The summed E-state index contributed by atoms with van der Waals surface area (Å²) in [7, 11) is -14.4. The van der Waals surface area contributed by atoms with Crippen LogP contribution in [0.1, 0.15) is 25.0 Å². The number of hydrogen-bond donors (Lipinski definition) is 0. The summed E-state index contributed by atoms with van der Waals surface area (Å²) in [6.07, 6.45) is 11.0. The van der Waals surface area contributed by atoms with Gasteiger partial charge in [0.25, 0.3) is 0 Å². The van der Waals surface area contributed by atoms with Crippen LogP contribution < -0.4 is 16.7 Å². The fourth-order valence-electron chi connectivity index (χ4n) is 4.31. The second kappa shape index (κ2) is 16.4. The zero-order chi connectivity index (χ0) is 37.3. The lowest BCUT2D eigenvalue weighted by atomic mass is 9.99. The molecule has 0 fully saturated rings. The van der Waals surface area contributed by atoms with Gasteiger partial charge in [0.2, 0.25) is 0 Å². The van der Waals surface area contributed by atoms with Crippen molar-refractivity contribution in [1.82, 2.24) is 0 Å². The van der Waals surface area contributed by atoms with Crippen molar-refractivity contribution >= 4 is 52.6 Å². The molecule has 0 amide bonds. The molecule has 4 rings (SSSR count). The van der Waals surface area contributed by atoms with Gasteiger partial charge in [-0.3, -0.25) is 0 Å². The Morgan fingerprint density at radius 2 is 0.680 bits per heavy atom. The second-order valence-corrected chi connectivity index (χ2v) is 17.0. The standard InChI is InChI=1S/C20H22O6S2.C14H14O6S2/c1-5-7-17-13-15(9-11-19(17)25-27(3,21)22)16-10-12-20(26-28(4,23)24)18(14-16)8-6-2;1-21(15,16)19-13-7-3-11(4-8-13)12-5-9-14(10-6-12)20-22(2,17)18/h5-14H,1-4H3;3-10H,1-2H3. The summed E-state index contributed by atoms with van der Waals surface area (Å²) in [5.41, 5.74) is 4.48. The molecule has 0 bridgehead atoms. The van der Waals surface area contributed by atoms with E-state index in [0.717, 1.165) is 47.3 Å². The van der Waals surface area contributed by atoms with Crippen LogP contribution in [0.15, 0.2) is 97.1 Å². The molecule has 0 aliphatic carbocycles. The molecule has 268 valence electrons.